The molecule has 0 saturated heterocycles. The Bertz CT molecular complexity index is 194. The molecule has 1 saturated carbocycles. The van der Waals surface area contributed by atoms with Crippen molar-refractivity contribution in [3.8, 4) is 6.07 Å². The van der Waals surface area contributed by atoms with Gasteiger partial charge in [-0.15, -0.1) is 0 Å². The Hall–Kier alpha value is -0.200. The van der Waals surface area contributed by atoms with Gasteiger partial charge in [-0.3, -0.25) is 0 Å². The fourth-order valence-electron chi connectivity index (χ4n) is 1.50. The summed E-state index contributed by atoms with van der Waals surface area (Å²) in [5, 5.41) is 12.8. The van der Waals surface area contributed by atoms with E-state index in [1.807, 2.05) is 25.7 Å². The van der Waals surface area contributed by atoms with Gasteiger partial charge in [-0.2, -0.15) is 17.0 Å². The Morgan fingerprint density at radius 2 is 2.15 bits per heavy atom. The second-order valence-electron chi connectivity index (χ2n) is 3.91. The molecule has 3 heteroatoms. The van der Waals surface area contributed by atoms with E-state index >= 15 is 0 Å². The van der Waals surface area contributed by atoms with Crippen LogP contribution in [0.15, 0.2) is 0 Å². The van der Waals surface area contributed by atoms with Gasteiger partial charge >= 0.3 is 0 Å². The molecule has 0 bridgehead atoms. The minimum absolute atomic E-state index is 0.340. The van der Waals surface area contributed by atoms with Crippen molar-refractivity contribution in [3.63, 3.8) is 0 Å². The summed E-state index contributed by atoms with van der Waals surface area (Å²) in [6.45, 7) is 1.97. The van der Waals surface area contributed by atoms with Crippen molar-refractivity contribution in [2.75, 3.05) is 12.8 Å². The molecular formula is C10H18N2S. The van der Waals surface area contributed by atoms with Gasteiger partial charge in [0.05, 0.1) is 6.07 Å². The number of hydrogen-bond acceptors (Lipinski definition) is 3. The number of rotatable bonds is 4. The average molecular weight is 198 g/mol. The lowest BCUT2D eigenvalue weighted by Crippen LogP contribution is -2.41. The van der Waals surface area contributed by atoms with E-state index in [9.17, 15) is 0 Å². The lowest BCUT2D eigenvalue weighted by molar-refractivity contribution is 0.549. The van der Waals surface area contributed by atoms with E-state index in [0.717, 1.165) is 11.0 Å². The van der Waals surface area contributed by atoms with Gasteiger partial charge in [0.15, 0.2) is 0 Å². The van der Waals surface area contributed by atoms with Gasteiger partial charge in [-0.05, 0) is 26.8 Å². The van der Waals surface area contributed by atoms with E-state index in [1.54, 1.807) is 0 Å². The molecule has 2 nitrogen and oxygen atoms in total. The van der Waals surface area contributed by atoms with Crippen LogP contribution in [-0.2, 0) is 0 Å². The smallest absolute Gasteiger partial charge is 0.112 e. The maximum Gasteiger partial charge on any atom is 0.112 e. The standard InChI is InChI=1S/C10H18N2S/c1-10(7-11,12-2)8-13-9-5-3-4-6-9/h9,12H,3-6,8H2,1-2H3. The summed E-state index contributed by atoms with van der Waals surface area (Å²) in [4.78, 5) is 0. The van der Waals surface area contributed by atoms with Crippen molar-refractivity contribution < 1.29 is 0 Å². The van der Waals surface area contributed by atoms with Crippen LogP contribution in [0, 0.1) is 11.3 Å². The van der Waals surface area contributed by atoms with E-state index in [1.165, 1.54) is 25.7 Å². The Balaban J connectivity index is 2.27. The minimum Gasteiger partial charge on any atom is -0.302 e. The van der Waals surface area contributed by atoms with Crippen molar-refractivity contribution >= 4 is 11.8 Å². The van der Waals surface area contributed by atoms with Gasteiger partial charge in [0, 0.05) is 11.0 Å². The van der Waals surface area contributed by atoms with E-state index in [0.29, 0.717) is 0 Å². The molecular weight excluding hydrogens is 180 g/mol. The molecule has 0 aromatic rings. The second-order valence-corrected chi connectivity index (χ2v) is 5.20. The first-order valence-electron chi connectivity index (χ1n) is 4.92. The topological polar surface area (TPSA) is 35.8 Å². The first-order valence-corrected chi connectivity index (χ1v) is 5.97. The number of nitriles is 1. The molecule has 74 valence electrons. The fourth-order valence-corrected chi connectivity index (χ4v) is 2.94. The van der Waals surface area contributed by atoms with Crippen molar-refractivity contribution in [1.29, 1.82) is 5.26 Å². The highest BCUT2D eigenvalue weighted by molar-refractivity contribution is 8.00. The maximum atomic E-state index is 8.93. The quantitative estimate of drug-likeness (QED) is 0.752. The van der Waals surface area contributed by atoms with Crippen molar-refractivity contribution in [2.24, 2.45) is 0 Å². The zero-order valence-electron chi connectivity index (χ0n) is 8.47. The summed E-state index contributed by atoms with van der Waals surface area (Å²) in [7, 11) is 1.86. The summed E-state index contributed by atoms with van der Waals surface area (Å²) in [6.07, 6.45) is 5.44. The van der Waals surface area contributed by atoms with Crippen LogP contribution in [0.4, 0.5) is 0 Å². The van der Waals surface area contributed by atoms with Crippen LogP contribution in [0.25, 0.3) is 0 Å². The summed E-state index contributed by atoms with van der Waals surface area (Å²) in [6, 6.07) is 2.32. The zero-order chi connectivity index (χ0) is 9.73. The summed E-state index contributed by atoms with van der Waals surface area (Å²) in [5.41, 5.74) is -0.340. The normalized spacial score (nSPS) is 22.5. The molecule has 1 fully saturated rings. The van der Waals surface area contributed by atoms with Crippen LogP contribution in [0.1, 0.15) is 32.6 Å². The first kappa shape index (κ1) is 10.9. The van der Waals surface area contributed by atoms with E-state index in [-0.39, 0.29) is 5.54 Å². The maximum absolute atomic E-state index is 8.93. The third-order valence-electron chi connectivity index (χ3n) is 2.71. The van der Waals surface area contributed by atoms with Gasteiger partial charge < -0.3 is 5.32 Å². The second kappa shape index (κ2) is 4.88. The predicted octanol–water partition coefficient (Wildman–Crippen LogP) is 2.16. The minimum atomic E-state index is -0.340. The van der Waals surface area contributed by atoms with Gasteiger partial charge in [0.2, 0.25) is 0 Å². The third kappa shape index (κ3) is 3.21. The van der Waals surface area contributed by atoms with Crippen LogP contribution >= 0.6 is 11.8 Å². The average Bonchev–Trinajstić information content (AvgIpc) is 2.67. The molecule has 13 heavy (non-hydrogen) atoms. The van der Waals surface area contributed by atoms with Crippen LogP contribution in [0.5, 0.6) is 0 Å². The molecule has 0 spiro atoms. The van der Waals surface area contributed by atoms with Gasteiger partial charge in [-0.25, -0.2) is 0 Å². The van der Waals surface area contributed by atoms with Crippen molar-refractivity contribution in [3.05, 3.63) is 0 Å². The number of hydrogen-bond donors (Lipinski definition) is 1. The molecule has 0 aromatic carbocycles. The number of thioether (sulfide) groups is 1. The SMILES string of the molecule is CNC(C)(C#N)CSC1CCCC1. The lowest BCUT2D eigenvalue weighted by Gasteiger charge is -2.21. The molecule has 1 N–H and O–H groups in total. The molecule has 1 unspecified atom stereocenters. The summed E-state index contributed by atoms with van der Waals surface area (Å²) < 4.78 is 0. The van der Waals surface area contributed by atoms with E-state index in [4.69, 9.17) is 5.26 Å². The van der Waals surface area contributed by atoms with Gasteiger partial charge in [0.25, 0.3) is 0 Å². The molecule has 0 heterocycles. The Morgan fingerprint density at radius 1 is 1.54 bits per heavy atom. The van der Waals surface area contributed by atoms with Crippen LogP contribution in [-0.4, -0.2) is 23.6 Å². The molecule has 0 aromatic heterocycles. The Labute approximate surface area is 85.1 Å². The number of nitrogens with one attached hydrogen (secondary N) is 1. The fraction of sp³-hybridized carbons (Fsp3) is 0.900. The zero-order valence-corrected chi connectivity index (χ0v) is 9.28. The molecule has 1 aliphatic rings. The highest BCUT2D eigenvalue weighted by Gasteiger charge is 2.24. The molecule has 0 aliphatic heterocycles. The van der Waals surface area contributed by atoms with Gasteiger partial charge in [0.1, 0.15) is 5.54 Å². The highest BCUT2D eigenvalue weighted by Crippen LogP contribution is 2.31. The number of nitrogens with zero attached hydrogens (tertiary/aromatic N) is 1. The lowest BCUT2D eigenvalue weighted by atomic mass is 10.1. The highest BCUT2D eigenvalue weighted by atomic mass is 32.2. The van der Waals surface area contributed by atoms with Crippen LogP contribution in [0.2, 0.25) is 0 Å². The Kier molecular flexibility index (Phi) is 4.08. The molecule has 0 amide bonds. The molecule has 1 aliphatic carbocycles. The molecule has 1 atom stereocenters. The monoisotopic (exact) mass is 198 g/mol. The van der Waals surface area contributed by atoms with Crippen LogP contribution < -0.4 is 5.32 Å². The van der Waals surface area contributed by atoms with Crippen LogP contribution in [0.3, 0.4) is 0 Å². The Morgan fingerprint density at radius 3 is 2.62 bits per heavy atom. The van der Waals surface area contributed by atoms with Crippen molar-refractivity contribution in [2.45, 2.75) is 43.4 Å². The molecule has 1 rings (SSSR count). The summed E-state index contributed by atoms with van der Waals surface area (Å²) >= 11 is 1.96. The first-order chi connectivity index (χ1) is 6.20. The van der Waals surface area contributed by atoms with E-state index < -0.39 is 0 Å². The predicted molar refractivity (Wildman–Crippen MR) is 57.8 cm³/mol. The van der Waals surface area contributed by atoms with Gasteiger partial charge in [-0.1, -0.05) is 12.8 Å². The third-order valence-corrected chi connectivity index (χ3v) is 4.40. The molecule has 0 radical (unpaired) electrons. The summed E-state index contributed by atoms with van der Waals surface area (Å²) in [5.74, 6) is 0.907. The van der Waals surface area contributed by atoms with E-state index in [2.05, 4.69) is 11.4 Å². The largest absolute Gasteiger partial charge is 0.302 e. The van der Waals surface area contributed by atoms with Crippen molar-refractivity contribution in [1.82, 2.24) is 5.32 Å².